The van der Waals surface area contributed by atoms with E-state index in [1.54, 1.807) is 18.2 Å². The normalized spacial score (nSPS) is 20.3. The molecule has 3 aliphatic rings. The molecule has 2 aliphatic heterocycles. The molecule has 4 N–H and O–H groups in total. The average molecular weight is 520 g/mol. The smallest absolute Gasteiger partial charge is 0.243 e. The quantitative estimate of drug-likeness (QED) is 0.262. The van der Waals surface area contributed by atoms with Crippen LogP contribution >= 0.6 is 0 Å². The predicted octanol–water partition coefficient (Wildman–Crippen LogP) is 2.53. The van der Waals surface area contributed by atoms with Gasteiger partial charge in [-0.15, -0.1) is 0 Å². The standard InChI is InChI=1S/C27H24N2O9/c1-11-23(33)21(13(3)30)25-22(24(11)34)27(4)18(38-25)8-15(31)20(26(27)35)12(2)28-9-19(32)29-14-5-6-16-17(7-14)37-10-36-16/h5-8,28,33-34H,9-10H2,1-4H3,(H,29,32)/b20-12+/t27-/m1/s1. The monoisotopic (exact) mass is 520 g/mol. The SMILES string of the molecule is CC(=O)c1c(O)c(C)c(O)c2c1OC1=CC(=O)/C(=C(/C)NCC(=O)Nc3ccc4c(c3)OCO4)C(=O)[C@]12C. The molecular weight excluding hydrogens is 496 g/mol. The molecular formula is C27H24N2O9. The lowest BCUT2D eigenvalue weighted by Gasteiger charge is -2.29. The number of phenolic OH excluding ortho intramolecular Hbond substituents is 2. The number of ketones is 3. The van der Waals surface area contributed by atoms with Gasteiger partial charge in [0, 0.05) is 29.1 Å². The third-order valence-electron chi connectivity index (χ3n) is 6.93. The van der Waals surface area contributed by atoms with E-state index >= 15 is 0 Å². The number of phenols is 2. The molecule has 1 atom stereocenters. The van der Waals surface area contributed by atoms with E-state index in [2.05, 4.69) is 10.6 Å². The number of fused-ring (bicyclic) bond motifs is 4. The maximum Gasteiger partial charge on any atom is 0.243 e. The van der Waals surface area contributed by atoms with Gasteiger partial charge in [-0.1, -0.05) is 0 Å². The molecule has 2 aromatic rings. The van der Waals surface area contributed by atoms with E-state index in [4.69, 9.17) is 14.2 Å². The van der Waals surface area contributed by atoms with Crippen LogP contribution in [-0.2, 0) is 19.8 Å². The van der Waals surface area contributed by atoms with Crippen molar-refractivity contribution in [3.8, 4) is 28.7 Å². The summed E-state index contributed by atoms with van der Waals surface area (Å²) in [6, 6.07) is 4.93. The van der Waals surface area contributed by atoms with Gasteiger partial charge in [0.25, 0.3) is 0 Å². The first-order valence-corrected chi connectivity index (χ1v) is 11.7. The maximum absolute atomic E-state index is 13.8. The summed E-state index contributed by atoms with van der Waals surface area (Å²) in [5.41, 5.74) is -1.43. The second-order valence-electron chi connectivity index (χ2n) is 9.36. The molecule has 0 radical (unpaired) electrons. The van der Waals surface area contributed by atoms with Gasteiger partial charge in [0.05, 0.1) is 17.7 Å². The lowest BCUT2D eigenvalue weighted by molar-refractivity contribution is -0.124. The molecule has 38 heavy (non-hydrogen) atoms. The Labute approximate surface area is 216 Å². The number of aromatic hydroxyl groups is 2. The van der Waals surface area contributed by atoms with Crippen LogP contribution in [0.1, 0.15) is 42.3 Å². The lowest BCUT2D eigenvalue weighted by atomic mass is 9.70. The van der Waals surface area contributed by atoms with Crippen molar-refractivity contribution in [2.75, 3.05) is 18.7 Å². The Balaban J connectivity index is 1.43. The molecule has 0 saturated heterocycles. The molecule has 2 heterocycles. The summed E-state index contributed by atoms with van der Waals surface area (Å²) in [4.78, 5) is 51.6. The van der Waals surface area contributed by atoms with Crippen LogP contribution in [0.25, 0.3) is 0 Å². The topological polar surface area (TPSA) is 160 Å². The van der Waals surface area contributed by atoms with E-state index in [-0.39, 0.29) is 52.8 Å². The van der Waals surface area contributed by atoms with Gasteiger partial charge in [-0.3, -0.25) is 19.2 Å². The summed E-state index contributed by atoms with van der Waals surface area (Å²) in [6.45, 7) is 5.43. The van der Waals surface area contributed by atoms with Crippen molar-refractivity contribution >= 4 is 28.9 Å². The number of Topliss-reactive ketones (excluding diaryl/α,β-unsaturated/α-hetero) is 2. The highest BCUT2D eigenvalue weighted by atomic mass is 16.7. The summed E-state index contributed by atoms with van der Waals surface area (Å²) in [5, 5.41) is 26.8. The van der Waals surface area contributed by atoms with E-state index in [0.29, 0.717) is 17.2 Å². The molecule has 196 valence electrons. The number of allylic oxidation sites excluding steroid dienone is 4. The maximum atomic E-state index is 13.8. The molecule has 0 saturated carbocycles. The van der Waals surface area contributed by atoms with E-state index in [0.717, 1.165) is 6.08 Å². The number of benzene rings is 2. The number of rotatable bonds is 5. The summed E-state index contributed by atoms with van der Waals surface area (Å²) >= 11 is 0. The Hall–Kier alpha value is -4.80. The largest absolute Gasteiger partial charge is 0.507 e. The molecule has 0 aromatic heterocycles. The Morgan fingerprint density at radius 1 is 1.08 bits per heavy atom. The predicted molar refractivity (Wildman–Crippen MR) is 132 cm³/mol. The van der Waals surface area contributed by atoms with Gasteiger partial charge in [-0.2, -0.15) is 0 Å². The highest BCUT2D eigenvalue weighted by molar-refractivity contribution is 6.31. The first-order chi connectivity index (χ1) is 17.9. The fraction of sp³-hybridized carbons (Fsp3) is 0.259. The van der Waals surface area contributed by atoms with Crippen molar-refractivity contribution in [3.05, 3.63) is 58.0 Å². The minimum Gasteiger partial charge on any atom is -0.507 e. The average Bonchev–Trinajstić information content (AvgIpc) is 3.43. The van der Waals surface area contributed by atoms with Gasteiger partial charge in [0.1, 0.15) is 34.0 Å². The van der Waals surface area contributed by atoms with Crippen LogP contribution in [0.3, 0.4) is 0 Å². The second kappa shape index (κ2) is 8.65. The first kappa shape index (κ1) is 24.9. The molecule has 1 aliphatic carbocycles. The third-order valence-corrected chi connectivity index (χ3v) is 6.93. The second-order valence-corrected chi connectivity index (χ2v) is 9.36. The molecule has 5 rings (SSSR count). The number of carbonyl (C=O) groups is 4. The molecule has 0 unspecified atom stereocenters. The van der Waals surface area contributed by atoms with Gasteiger partial charge in [-0.25, -0.2) is 0 Å². The molecule has 2 aromatic carbocycles. The van der Waals surface area contributed by atoms with Gasteiger partial charge in [-0.05, 0) is 39.8 Å². The van der Waals surface area contributed by atoms with Crippen molar-refractivity contribution < 1.29 is 43.6 Å². The molecule has 1 amide bonds. The Morgan fingerprint density at radius 3 is 2.50 bits per heavy atom. The fourth-order valence-electron chi connectivity index (χ4n) is 4.84. The van der Waals surface area contributed by atoms with Crippen LogP contribution < -0.4 is 24.8 Å². The summed E-state index contributed by atoms with van der Waals surface area (Å²) in [5.74, 6) is -2.36. The zero-order valence-corrected chi connectivity index (χ0v) is 21.0. The Morgan fingerprint density at radius 2 is 1.79 bits per heavy atom. The van der Waals surface area contributed by atoms with E-state index < -0.39 is 40.2 Å². The fourth-order valence-corrected chi connectivity index (χ4v) is 4.84. The van der Waals surface area contributed by atoms with Gasteiger partial charge >= 0.3 is 0 Å². The Bertz CT molecular complexity index is 1540. The van der Waals surface area contributed by atoms with E-state index in [1.165, 1.54) is 27.7 Å². The van der Waals surface area contributed by atoms with Gasteiger partial charge < -0.3 is 35.1 Å². The van der Waals surface area contributed by atoms with Crippen LogP contribution in [0.4, 0.5) is 5.69 Å². The summed E-state index contributed by atoms with van der Waals surface area (Å²) < 4.78 is 16.3. The zero-order chi connectivity index (χ0) is 27.5. The van der Waals surface area contributed by atoms with Crippen molar-refractivity contribution in [1.82, 2.24) is 5.32 Å². The number of nitrogens with one attached hydrogen (secondary N) is 2. The van der Waals surface area contributed by atoms with Crippen LogP contribution in [-0.4, -0.2) is 46.8 Å². The molecule has 0 bridgehead atoms. The number of hydrogen-bond donors (Lipinski definition) is 4. The summed E-state index contributed by atoms with van der Waals surface area (Å²) in [7, 11) is 0. The van der Waals surface area contributed by atoms with Crippen LogP contribution in [0.2, 0.25) is 0 Å². The van der Waals surface area contributed by atoms with Gasteiger partial charge in [0.15, 0.2) is 28.8 Å². The van der Waals surface area contributed by atoms with Crippen molar-refractivity contribution in [3.63, 3.8) is 0 Å². The summed E-state index contributed by atoms with van der Waals surface area (Å²) in [6.07, 6.45) is 1.12. The highest BCUT2D eigenvalue weighted by Gasteiger charge is 2.56. The van der Waals surface area contributed by atoms with Crippen molar-refractivity contribution in [2.24, 2.45) is 0 Å². The molecule has 11 heteroatoms. The lowest BCUT2D eigenvalue weighted by Crippen LogP contribution is -2.41. The zero-order valence-electron chi connectivity index (χ0n) is 21.0. The number of ether oxygens (including phenoxy) is 3. The minimum absolute atomic E-state index is 0.00490. The first-order valence-electron chi connectivity index (χ1n) is 11.7. The molecule has 0 fully saturated rings. The van der Waals surface area contributed by atoms with E-state index in [9.17, 15) is 29.4 Å². The molecule has 0 spiro atoms. The number of anilines is 1. The minimum atomic E-state index is -1.64. The van der Waals surface area contributed by atoms with Gasteiger partial charge in [0.2, 0.25) is 12.7 Å². The van der Waals surface area contributed by atoms with Crippen LogP contribution in [0.15, 0.2) is 41.3 Å². The van der Waals surface area contributed by atoms with Crippen LogP contribution in [0, 0.1) is 6.92 Å². The number of carbonyl (C=O) groups excluding carboxylic acids is 4. The van der Waals surface area contributed by atoms with Crippen molar-refractivity contribution in [2.45, 2.75) is 33.1 Å². The molecule has 11 nitrogen and oxygen atoms in total. The van der Waals surface area contributed by atoms with Crippen LogP contribution in [0.5, 0.6) is 28.7 Å². The van der Waals surface area contributed by atoms with E-state index in [1.807, 2.05) is 0 Å². The number of amides is 1. The number of hydrogen-bond acceptors (Lipinski definition) is 10. The highest BCUT2D eigenvalue weighted by Crippen LogP contribution is 2.57. The Kier molecular flexibility index (Phi) is 5.66. The third kappa shape index (κ3) is 3.58. The van der Waals surface area contributed by atoms with Crippen molar-refractivity contribution in [1.29, 1.82) is 0 Å².